The molecule has 0 fully saturated rings. The molecule has 168 valence electrons. The molecule has 0 spiro atoms. The van der Waals surface area contributed by atoms with Gasteiger partial charge < -0.3 is 4.57 Å². The smallest absolute Gasteiger partial charge is 0.0544 e. The van der Waals surface area contributed by atoms with Crippen LogP contribution in [-0.2, 0) is 5.41 Å². The van der Waals surface area contributed by atoms with Gasteiger partial charge in [-0.05, 0) is 81.9 Å². The summed E-state index contributed by atoms with van der Waals surface area (Å²) in [6.07, 6.45) is 0. The lowest BCUT2D eigenvalue weighted by Gasteiger charge is -2.21. The molecule has 2 heteroatoms. The summed E-state index contributed by atoms with van der Waals surface area (Å²) in [7, 11) is 0. The van der Waals surface area contributed by atoms with Gasteiger partial charge in [-0.2, -0.15) is 0 Å². The molecule has 0 unspecified atom stereocenters. The molecule has 6 aromatic rings. The molecule has 1 aliphatic rings. The van der Waals surface area contributed by atoms with Gasteiger partial charge in [-0.3, -0.25) is 0 Å². The number of benzene rings is 5. The second kappa shape index (κ2) is 7.44. The van der Waals surface area contributed by atoms with Crippen molar-refractivity contribution in [3.05, 3.63) is 125 Å². The van der Waals surface area contributed by atoms with Crippen molar-refractivity contribution < 1.29 is 0 Å². The number of nitrogens with zero attached hydrogens (tertiary/aromatic N) is 1. The van der Waals surface area contributed by atoms with Crippen LogP contribution in [0.25, 0.3) is 49.7 Å². The topological polar surface area (TPSA) is 4.93 Å². The number of hydrogen-bond acceptors (Lipinski definition) is 0. The number of halogens is 1. The van der Waals surface area contributed by atoms with Gasteiger partial charge in [0, 0.05) is 26.3 Å². The van der Waals surface area contributed by atoms with E-state index in [0.717, 1.165) is 4.47 Å². The Morgan fingerprint density at radius 3 is 2.06 bits per heavy atom. The summed E-state index contributed by atoms with van der Waals surface area (Å²) in [5.41, 5.74) is 11.7. The molecule has 0 atom stereocenters. The van der Waals surface area contributed by atoms with E-state index in [4.69, 9.17) is 0 Å². The predicted octanol–water partition coefficient (Wildman–Crippen LogP) is 9.52. The Morgan fingerprint density at radius 1 is 0.571 bits per heavy atom. The Kier molecular flexibility index (Phi) is 4.40. The van der Waals surface area contributed by atoms with Crippen LogP contribution < -0.4 is 0 Å². The summed E-state index contributed by atoms with van der Waals surface area (Å²) in [4.78, 5) is 0. The van der Waals surface area contributed by atoms with Crippen LogP contribution in [0.4, 0.5) is 0 Å². The molecule has 0 amide bonds. The molecule has 1 aliphatic carbocycles. The van der Waals surface area contributed by atoms with Crippen molar-refractivity contribution in [2.75, 3.05) is 0 Å². The summed E-state index contributed by atoms with van der Waals surface area (Å²) in [6.45, 7) is 4.70. The van der Waals surface area contributed by atoms with Crippen molar-refractivity contribution in [2.24, 2.45) is 0 Å². The van der Waals surface area contributed by atoms with Gasteiger partial charge in [0.05, 0.1) is 11.0 Å². The maximum absolute atomic E-state index is 3.57. The van der Waals surface area contributed by atoms with Crippen LogP contribution in [0.1, 0.15) is 25.0 Å². The zero-order valence-electron chi connectivity index (χ0n) is 19.7. The zero-order valence-corrected chi connectivity index (χ0v) is 21.3. The Hall–Kier alpha value is -3.62. The molecule has 0 saturated carbocycles. The quantitative estimate of drug-likeness (QED) is 0.217. The first-order valence-electron chi connectivity index (χ1n) is 12.1. The number of aromatic nitrogens is 1. The van der Waals surface area contributed by atoms with Crippen LogP contribution in [0.15, 0.2) is 114 Å². The number of hydrogen-bond donors (Lipinski definition) is 0. The lowest BCUT2D eigenvalue weighted by Crippen LogP contribution is -2.14. The van der Waals surface area contributed by atoms with E-state index < -0.39 is 0 Å². The monoisotopic (exact) mass is 513 g/mol. The minimum atomic E-state index is -0.0271. The van der Waals surface area contributed by atoms with E-state index in [9.17, 15) is 0 Å². The van der Waals surface area contributed by atoms with Crippen LogP contribution in [0.5, 0.6) is 0 Å². The fourth-order valence-corrected chi connectivity index (χ4v) is 6.15. The van der Waals surface area contributed by atoms with Crippen molar-refractivity contribution >= 4 is 37.7 Å². The second-order valence-corrected chi connectivity index (χ2v) is 10.9. The van der Waals surface area contributed by atoms with Crippen molar-refractivity contribution in [3.8, 4) is 27.9 Å². The number of fused-ring (bicyclic) bond motifs is 6. The highest BCUT2D eigenvalue weighted by Gasteiger charge is 2.36. The van der Waals surface area contributed by atoms with Crippen LogP contribution in [-0.4, -0.2) is 4.57 Å². The third-order valence-corrected chi connectivity index (χ3v) is 8.19. The zero-order chi connectivity index (χ0) is 23.7. The molecule has 5 aromatic carbocycles. The van der Waals surface area contributed by atoms with Crippen LogP contribution >= 0.6 is 15.9 Å². The maximum atomic E-state index is 3.57. The molecule has 1 aromatic heterocycles. The van der Waals surface area contributed by atoms with E-state index in [1.165, 1.54) is 60.9 Å². The first kappa shape index (κ1) is 20.7. The average Bonchev–Trinajstić information content (AvgIpc) is 3.32. The first-order chi connectivity index (χ1) is 17.0. The molecule has 0 bridgehead atoms. The van der Waals surface area contributed by atoms with Crippen molar-refractivity contribution in [3.63, 3.8) is 0 Å². The van der Waals surface area contributed by atoms with Gasteiger partial charge in [-0.15, -0.1) is 0 Å². The molecule has 35 heavy (non-hydrogen) atoms. The molecular formula is C33H24BrN. The SMILES string of the molecule is CC1(C)c2ccccc2-c2cc3c4cc(-c5ccc(Br)cc5)ccc4n(-c4ccccc4)c3cc21. The Balaban J connectivity index is 1.59. The van der Waals surface area contributed by atoms with Crippen LogP contribution in [0.3, 0.4) is 0 Å². The summed E-state index contributed by atoms with van der Waals surface area (Å²) >= 11 is 3.57. The lowest BCUT2D eigenvalue weighted by molar-refractivity contribution is 0.661. The van der Waals surface area contributed by atoms with Crippen molar-refractivity contribution in [1.29, 1.82) is 0 Å². The number of para-hydroxylation sites is 1. The highest BCUT2D eigenvalue weighted by molar-refractivity contribution is 9.10. The normalized spacial score (nSPS) is 13.8. The molecule has 1 nitrogen and oxygen atoms in total. The molecule has 0 aliphatic heterocycles. The molecular weight excluding hydrogens is 490 g/mol. The van der Waals surface area contributed by atoms with E-state index in [1.807, 2.05) is 0 Å². The third-order valence-electron chi connectivity index (χ3n) is 7.66. The molecule has 0 N–H and O–H groups in total. The van der Waals surface area contributed by atoms with Gasteiger partial charge >= 0.3 is 0 Å². The highest BCUT2D eigenvalue weighted by atomic mass is 79.9. The second-order valence-electron chi connectivity index (χ2n) is 10.00. The Bertz CT molecular complexity index is 1760. The van der Waals surface area contributed by atoms with Gasteiger partial charge in [0.25, 0.3) is 0 Å². The summed E-state index contributed by atoms with van der Waals surface area (Å²) in [5.74, 6) is 0. The minimum absolute atomic E-state index is 0.0271. The number of rotatable bonds is 2. The third kappa shape index (κ3) is 3.00. The maximum Gasteiger partial charge on any atom is 0.0544 e. The fraction of sp³-hybridized carbons (Fsp3) is 0.0909. The summed E-state index contributed by atoms with van der Waals surface area (Å²) in [5, 5.41) is 2.59. The van der Waals surface area contributed by atoms with Gasteiger partial charge in [-0.1, -0.05) is 90.4 Å². The van der Waals surface area contributed by atoms with E-state index >= 15 is 0 Å². The van der Waals surface area contributed by atoms with Crippen LogP contribution in [0.2, 0.25) is 0 Å². The Morgan fingerprint density at radius 2 is 1.26 bits per heavy atom. The van der Waals surface area contributed by atoms with Crippen molar-refractivity contribution in [2.45, 2.75) is 19.3 Å². The molecule has 0 radical (unpaired) electrons. The van der Waals surface area contributed by atoms with Gasteiger partial charge in [-0.25, -0.2) is 0 Å². The van der Waals surface area contributed by atoms with Crippen LogP contribution in [0, 0.1) is 0 Å². The average molecular weight is 514 g/mol. The Labute approximate surface area is 213 Å². The van der Waals surface area contributed by atoms with E-state index in [-0.39, 0.29) is 5.41 Å². The van der Waals surface area contributed by atoms with Crippen molar-refractivity contribution in [1.82, 2.24) is 4.57 Å². The largest absolute Gasteiger partial charge is 0.309 e. The standard InChI is InChI=1S/C33H24BrN/c1-33(2)29-11-7-6-10-25(29)26-19-28-27-18-22(21-12-15-23(34)16-13-21)14-17-31(27)35(32(28)20-30(26)33)24-8-4-3-5-9-24/h3-20H,1-2H3. The fourth-order valence-electron chi connectivity index (χ4n) is 5.89. The summed E-state index contributed by atoms with van der Waals surface area (Å²) in [6, 6.07) is 40.0. The van der Waals surface area contributed by atoms with Gasteiger partial charge in [0.1, 0.15) is 0 Å². The first-order valence-corrected chi connectivity index (χ1v) is 12.9. The van der Waals surface area contributed by atoms with E-state index in [2.05, 4.69) is 144 Å². The van der Waals surface area contributed by atoms with E-state index in [0.29, 0.717) is 0 Å². The predicted molar refractivity (Wildman–Crippen MR) is 151 cm³/mol. The lowest BCUT2D eigenvalue weighted by atomic mass is 9.82. The van der Waals surface area contributed by atoms with E-state index in [1.54, 1.807) is 0 Å². The highest BCUT2D eigenvalue weighted by Crippen LogP contribution is 2.51. The molecule has 1 heterocycles. The molecule has 0 saturated heterocycles. The minimum Gasteiger partial charge on any atom is -0.309 e. The van der Waals surface area contributed by atoms with Gasteiger partial charge in [0.2, 0.25) is 0 Å². The molecule has 7 rings (SSSR count). The van der Waals surface area contributed by atoms with Gasteiger partial charge in [0.15, 0.2) is 0 Å². The summed E-state index contributed by atoms with van der Waals surface area (Å²) < 4.78 is 3.52.